The Kier molecular flexibility index (Phi) is 5.89. The van der Waals surface area contributed by atoms with Gasteiger partial charge in [-0.25, -0.2) is 13.2 Å². The standard InChI is InChI=1S/C25H23NO7S/c27-25(28)24(33-22-11-5-9-20-19-8-4-10-21(19)32-23(20)22)26-34(29,30)18-14-12-17(13-15-18)31-16-6-2-1-3-7-16/h1-3,5-7,9,11-15,19,21,24,26H,4,8,10H2,(H,27,28). The number of ether oxygens (including phenoxy) is 3. The van der Waals surface area contributed by atoms with Gasteiger partial charge < -0.3 is 19.3 Å². The lowest BCUT2D eigenvalue weighted by Gasteiger charge is -2.19. The van der Waals surface area contributed by atoms with Crippen molar-refractivity contribution in [3.8, 4) is 23.0 Å². The monoisotopic (exact) mass is 481 g/mol. The number of aliphatic carboxylic acids is 1. The summed E-state index contributed by atoms with van der Waals surface area (Å²) in [5, 5.41) is 9.65. The molecule has 2 N–H and O–H groups in total. The van der Waals surface area contributed by atoms with Crippen molar-refractivity contribution in [3.63, 3.8) is 0 Å². The second-order valence-electron chi connectivity index (χ2n) is 8.21. The van der Waals surface area contributed by atoms with Crippen molar-refractivity contribution in [2.75, 3.05) is 0 Å². The van der Waals surface area contributed by atoms with Crippen molar-refractivity contribution in [2.24, 2.45) is 0 Å². The maximum absolute atomic E-state index is 12.9. The summed E-state index contributed by atoms with van der Waals surface area (Å²) in [6.07, 6.45) is 1.22. The lowest BCUT2D eigenvalue weighted by Crippen LogP contribution is -2.44. The molecule has 0 amide bonds. The first-order valence-corrected chi connectivity index (χ1v) is 12.4. The molecule has 1 heterocycles. The zero-order valence-corrected chi connectivity index (χ0v) is 18.9. The topological polar surface area (TPSA) is 111 Å². The third kappa shape index (κ3) is 4.44. The number of para-hydroxylation sites is 2. The number of carboxylic acids is 1. The summed E-state index contributed by atoms with van der Waals surface area (Å²) in [6, 6.07) is 20.0. The molecular weight excluding hydrogens is 458 g/mol. The molecule has 5 rings (SSSR count). The van der Waals surface area contributed by atoms with E-state index in [1.54, 1.807) is 24.3 Å². The van der Waals surface area contributed by atoms with Crippen LogP contribution in [0.25, 0.3) is 0 Å². The second kappa shape index (κ2) is 9.00. The van der Waals surface area contributed by atoms with Crippen molar-refractivity contribution >= 4 is 16.0 Å². The van der Waals surface area contributed by atoms with E-state index in [1.165, 1.54) is 24.3 Å². The van der Waals surface area contributed by atoms with E-state index in [9.17, 15) is 18.3 Å². The van der Waals surface area contributed by atoms with Crippen LogP contribution in [0.2, 0.25) is 0 Å². The van der Waals surface area contributed by atoms with Crippen molar-refractivity contribution in [1.29, 1.82) is 0 Å². The predicted molar refractivity (Wildman–Crippen MR) is 123 cm³/mol. The third-order valence-corrected chi connectivity index (χ3v) is 7.39. The average Bonchev–Trinajstić information content (AvgIpc) is 3.42. The summed E-state index contributed by atoms with van der Waals surface area (Å²) in [4.78, 5) is 11.7. The number of fused-ring (bicyclic) bond motifs is 3. The van der Waals surface area contributed by atoms with E-state index in [0.29, 0.717) is 17.2 Å². The molecular formula is C25H23NO7S. The zero-order valence-electron chi connectivity index (χ0n) is 18.1. The molecule has 176 valence electrons. The molecule has 0 radical (unpaired) electrons. The van der Waals surface area contributed by atoms with Crippen molar-refractivity contribution in [2.45, 2.75) is 42.4 Å². The van der Waals surface area contributed by atoms with Crippen LogP contribution in [0.5, 0.6) is 23.0 Å². The van der Waals surface area contributed by atoms with Gasteiger partial charge in [0, 0.05) is 11.5 Å². The molecule has 9 heteroatoms. The molecule has 0 aromatic heterocycles. The van der Waals surface area contributed by atoms with Gasteiger partial charge in [0.15, 0.2) is 11.5 Å². The highest BCUT2D eigenvalue weighted by Gasteiger charge is 2.40. The highest BCUT2D eigenvalue weighted by atomic mass is 32.2. The maximum Gasteiger partial charge on any atom is 0.361 e. The number of hydrogen-bond donors (Lipinski definition) is 2. The minimum absolute atomic E-state index is 0.0522. The van der Waals surface area contributed by atoms with Crippen molar-refractivity contribution in [3.05, 3.63) is 78.4 Å². The van der Waals surface area contributed by atoms with E-state index in [1.807, 2.05) is 24.3 Å². The molecule has 1 saturated carbocycles. The van der Waals surface area contributed by atoms with Crippen LogP contribution < -0.4 is 18.9 Å². The van der Waals surface area contributed by atoms with Gasteiger partial charge in [-0.05, 0) is 61.7 Å². The molecule has 2 aliphatic rings. The Hall–Kier alpha value is -3.56. The number of carboxylic acid groups (broad SMARTS) is 1. The first kappa shape index (κ1) is 22.2. The molecule has 0 bridgehead atoms. The quantitative estimate of drug-likeness (QED) is 0.462. The van der Waals surface area contributed by atoms with E-state index in [0.717, 1.165) is 24.8 Å². The number of nitrogens with one attached hydrogen (secondary N) is 1. The van der Waals surface area contributed by atoms with E-state index in [-0.39, 0.29) is 22.7 Å². The van der Waals surface area contributed by atoms with Crippen LogP contribution in [0.3, 0.4) is 0 Å². The SMILES string of the molecule is O=C(O)C(NS(=O)(=O)c1ccc(Oc2ccccc2)cc1)Oc1cccc2c1OC1CCCC21. The summed E-state index contributed by atoms with van der Waals surface area (Å²) in [5.41, 5.74) is 0.973. The molecule has 8 nitrogen and oxygen atoms in total. The number of rotatable bonds is 8. The molecule has 0 spiro atoms. The fourth-order valence-corrected chi connectivity index (χ4v) is 5.45. The van der Waals surface area contributed by atoms with Crippen LogP contribution in [0.4, 0.5) is 0 Å². The summed E-state index contributed by atoms with van der Waals surface area (Å²) >= 11 is 0. The predicted octanol–water partition coefficient (Wildman–Crippen LogP) is 4.28. The van der Waals surface area contributed by atoms with Gasteiger partial charge in [0.25, 0.3) is 6.23 Å². The first-order chi connectivity index (χ1) is 16.4. The molecule has 3 unspecified atom stereocenters. The molecule has 3 aromatic rings. The highest BCUT2D eigenvalue weighted by molar-refractivity contribution is 7.89. The number of sulfonamides is 1. The van der Waals surface area contributed by atoms with E-state index >= 15 is 0 Å². The van der Waals surface area contributed by atoms with Gasteiger partial charge in [0.05, 0.1) is 4.90 Å². The largest absolute Gasteiger partial charge is 0.486 e. The number of carbonyl (C=O) groups is 1. The van der Waals surface area contributed by atoms with E-state index in [2.05, 4.69) is 4.72 Å². The van der Waals surface area contributed by atoms with Gasteiger partial charge >= 0.3 is 5.97 Å². The van der Waals surface area contributed by atoms with Gasteiger partial charge in [0.2, 0.25) is 10.0 Å². The van der Waals surface area contributed by atoms with Crippen LogP contribution in [-0.2, 0) is 14.8 Å². The van der Waals surface area contributed by atoms with Crippen LogP contribution >= 0.6 is 0 Å². The van der Waals surface area contributed by atoms with Crippen LogP contribution in [-0.4, -0.2) is 31.8 Å². The third-order valence-electron chi connectivity index (χ3n) is 5.97. The Labute approximate surface area is 197 Å². The normalized spacial score (nSPS) is 19.5. The Bertz CT molecular complexity index is 1290. The minimum atomic E-state index is -4.20. The molecule has 0 saturated heterocycles. The number of benzene rings is 3. The Morgan fingerprint density at radius 3 is 2.44 bits per heavy atom. The number of hydrogen-bond acceptors (Lipinski definition) is 6. The fraction of sp³-hybridized carbons (Fsp3) is 0.240. The van der Waals surface area contributed by atoms with Gasteiger partial charge in [0.1, 0.15) is 17.6 Å². The Balaban J connectivity index is 1.32. The van der Waals surface area contributed by atoms with Crippen molar-refractivity contribution < 1.29 is 32.5 Å². The molecule has 3 aromatic carbocycles. The Morgan fingerprint density at radius 1 is 0.971 bits per heavy atom. The van der Waals surface area contributed by atoms with Crippen LogP contribution in [0, 0.1) is 0 Å². The molecule has 1 aliphatic heterocycles. The Morgan fingerprint density at radius 2 is 1.71 bits per heavy atom. The fourth-order valence-electron chi connectivity index (χ4n) is 4.39. The van der Waals surface area contributed by atoms with E-state index < -0.39 is 22.2 Å². The maximum atomic E-state index is 12.9. The van der Waals surface area contributed by atoms with Crippen LogP contribution in [0.15, 0.2) is 77.7 Å². The van der Waals surface area contributed by atoms with Crippen LogP contribution in [0.1, 0.15) is 30.7 Å². The zero-order chi connectivity index (χ0) is 23.7. The minimum Gasteiger partial charge on any atom is -0.486 e. The van der Waals surface area contributed by atoms with Gasteiger partial charge in [-0.15, -0.1) is 0 Å². The summed E-state index contributed by atoms with van der Waals surface area (Å²) in [5.74, 6) is 0.535. The van der Waals surface area contributed by atoms with Gasteiger partial charge in [-0.1, -0.05) is 30.3 Å². The lowest BCUT2D eigenvalue weighted by molar-refractivity contribution is -0.145. The second-order valence-corrected chi connectivity index (χ2v) is 9.93. The smallest absolute Gasteiger partial charge is 0.361 e. The average molecular weight is 482 g/mol. The van der Waals surface area contributed by atoms with E-state index in [4.69, 9.17) is 14.2 Å². The first-order valence-electron chi connectivity index (χ1n) is 10.9. The lowest BCUT2D eigenvalue weighted by atomic mass is 9.97. The van der Waals surface area contributed by atoms with Gasteiger partial charge in [-0.3, -0.25) is 0 Å². The summed E-state index contributed by atoms with van der Waals surface area (Å²) in [7, 11) is -4.20. The summed E-state index contributed by atoms with van der Waals surface area (Å²) < 4.78 is 45.2. The van der Waals surface area contributed by atoms with Gasteiger partial charge in [-0.2, -0.15) is 4.72 Å². The molecule has 3 atom stereocenters. The van der Waals surface area contributed by atoms with Crippen molar-refractivity contribution in [1.82, 2.24) is 4.72 Å². The molecule has 34 heavy (non-hydrogen) atoms. The summed E-state index contributed by atoms with van der Waals surface area (Å²) in [6.45, 7) is 0. The molecule has 1 aliphatic carbocycles. The molecule has 1 fully saturated rings. The highest BCUT2D eigenvalue weighted by Crippen LogP contribution is 2.50.